The van der Waals surface area contributed by atoms with Gasteiger partial charge in [0.1, 0.15) is 0 Å². The molecule has 0 amide bonds. The van der Waals surface area contributed by atoms with E-state index in [9.17, 15) is 0 Å². The van der Waals surface area contributed by atoms with Gasteiger partial charge in [0.25, 0.3) is 0 Å². The quantitative estimate of drug-likeness (QED) is 0.498. The Hall–Kier alpha value is -0.480. The number of nitrogens with one attached hydrogen (secondary N) is 1. The number of hydrogen-bond acceptors (Lipinski definition) is 1. The summed E-state index contributed by atoms with van der Waals surface area (Å²) in [5, 5.41) is 3.60. The van der Waals surface area contributed by atoms with Crippen molar-refractivity contribution in [2.75, 3.05) is 6.54 Å². The van der Waals surface area contributed by atoms with Crippen LogP contribution in [0.2, 0.25) is 0 Å². The van der Waals surface area contributed by atoms with Gasteiger partial charge in [-0.2, -0.15) is 0 Å². The van der Waals surface area contributed by atoms with Crippen LogP contribution in [0, 0.1) is 12.3 Å². The Morgan fingerprint density at radius 1 is 1.42 bits per heavy atom. The molecule has 0 bridgehead atoms. The van der Waals surface area contributed by atoms with Crippen LogP contribution < -0.4 is 5.32 Å². The van der Waals surface area contributed by atoms with E-state index in [4.69, 9.17) is 6.42 Å². The van der Waals surface area contributed by atoms with E-state index >= 15 is 0 Å². The van der Waals surface area contributed by atoms with Gasteiger partial charge in [0.15, 0.2) is 0 Å². The van der Waals surface area contributed by atoms with E-state index in [0.29, 0.717) is 5.54 Å². The number of unbranched alkanes of at least 4 members (excludes halogenated alkanes) is 1. The molecule has 1 heteroatoms. The Kier molecular flexibility index (Phi) is 3.62. The third-order valence-electron chi connectivity index (χ3n) is 2.76. The first-order valence-electron chi connectivity index (χ1n) is 4.95. The van der Waals surface area contributed by atoms with Crippen LogP contribution in [-0.2, 0) is 0 Å². The normalized spacial score (nSPS) is 20.7. The zero-order valence-electron chi connectivity index (χ0n) is 8.03. The Balaban J connectivity index is 2.09. The molecule has 0 aromatic rings. The average Bonchev–Trinajstić information content (AvgIpc) is 2.47. The Labute approximate surface area is 75.9 Å². The van der Waals surface area contributed by atoms with Crippen molar-refractivity contribution < 1.29 is 0 Å². The van der Waals surface area contributed by atoms with Crippen LogP contribution in [0.15, 0.2) is 0 Å². The van der Waals surface area contributed by atoms with Crippen molar-refractivity contribution in [2.24, 2.45) is 0 Å². The van der Waals surface area contributed by atoms with Gasteiger partial charge in [-0.05, 0) is 32.7 Å². The minimum atomic E-state index is 0.425. The van der Waals surface area contributed by atoms with Crippen LogP contribution in [0.4, 0.5) is 0 Å². The highest BCUT2D eigenvalue weighted by molar-refractivity contribution is 4.89. The van der Waals surface area contributed by atoms with Gasteiger partial charge < -0.3 is 5.32 Å². The smallest absolute Gasteiger partial charge is 0.0153 e. The molecule has 1 nitrogen and oxygen atoms in total. The van der Waals surface area contributed by atoms with Crippen LogP contribution in [0.5, 0.6) is 0 Å². The molecule has 1 fully saturated rings. The fourth-order valence-electron chi connectivity index (χ4n) is 1.91. The van der Waals surface area contributed by atoms with Gasteiger partial charge in [0.05, 0.1) is 0 Å². The number of terminal acetylenes is 1. The van der Waals surface area contributed by atoms with Gasteiger partial charge in [0.2, 0.25) is 0 Å². The predicted molar refractivity (Wildman–Crippen MR) is 52.9 cm³/mol. The lowest BCUT2D eigenvalue weighted by Gasteiger charge is -2.25. The van der Waals surface area contributed by atoms with Gasteiger partial charge in [-0.25, -0.2) is 0 Å². The molecule has 0 saturated heterocycles. The Bertz CT molecular complexity index is 160. The predicted octanol–water partition coefficient (Wildman–Crippen LogP) is 2.32. The maximum absolute atomic E-state index is 5.18. The van der Waals surface area contributed by atoms with Crippen molar-refractivity contribution >= 4 is 0 Å². The molecule has 1 saturated carbocycles. The molecule has 0 atom stereocenters. The van der Waals surface area contributed by atoms with E-state index in [0.717, 1.165) is 19.4 Å². The maximum atomic E-state index is 5.18. The molecule has 0 aromatic heterocycles. The highest BCUT2D eigenvalue weighted by Gasteiger charge is 2.26. The van der Waals surface area contributed by atoms with Crippen molar-refractivity contribution in [1.82, 2.24) is 5.32 Å². The summed E-state index contributed by atoms with van der Waals surface area (Å²) in [4.78, 5) is 0. The van der Waals surface area contributed by atoms with Crippen LogP contribution in [0.1, 0.15) is 45.4 Å². The van der Waals surface area contributed by atoms with Crippen LogP contribution in [-0.4, -0.2) is 12.1 Å². The second-order valence-electron chi connectivity index (χ2n) is 4.00. The monoisotopic (exact) mass is 165 g/mol. The maximum Gasteiger partial charge on any atom is 0.0153 e. The zero-order chi connectivity index (χ0) is 8.86. The third kappa shape index (κ3) is 2.87. The van der Waals surface area contributed by atoms with Crippen LogP contribution in [0.3, 0.4) is 0 Å². The molecule has 1 aliphatic carbocycles. The topological polar surface area (TPSA) is 12.0 Å². The second-order valence-corrected chi connectivity index (χ2v) is 4.00. The molecule has 0 spiro atoms. The summed E-state index contributed by atoms with van der Waals surface area (Å²) >= 11 is 0. The van der Waals surface area contributed by atoms with Gasteiger partial charge in [-0.1, -0.05) is 12.8 Å². The van der Waals surface area contributed by atoms with Gasteiger partial charge >= 0.3 is 0 Å². The second kappa shape index (κ2) is 4.52. The van der Waals surface area contributed by atoms with Crippen LogP contribution in [0.25, 0.3) is 0 Å². The SMILES string of the molecule is C#CCCCNC1(C)CCCC1. The molecule has 68 valence electrons. The van der Waals surface area contributed by atoms with E-state index in [1.165, 1.54) is 25.7 Å². The first-order chi connectivity index (χ1) is 5.77. The number of hydrogen-bond donors (Lipinski definition) is 1. The summed E-state index contributed by atoms with van der Waals surface area (Å²) in [7, 11) is 0. The van der Waals surface area contributed by atoms with Crippen molar-refractivity contribution in [3.63, 3.8) is 0 Å². The molecular formula is C11H19N. The minimum Gasteiger partial charge on any atom is -0.311 e. The summed E-state index contributed by atoms with van der Waals surface area (Å²) < 4.78 is 0. The fourth-order valence-corrected chi connectivity index (χ4v) is 1.91. The zero-order valence-corrected chi connectivity index (χ0v) is 8.03. The van der Waals surface area contributed by atoms with Crippen molar-refractivity contribution in [1.29, 1.82) is 0 Å². The fraction of sp³-hybridized carbons (Fsp3) is 0.818. The summed E-state index contributed by atoms with van der Waals surface area (Å²) in [6.45, 7) is 3.41. The summed E-state index contributed by atoms with van der Waals surface area (Å²) in [5.74, 6) is 2.67. The van der Waals surface area contributed by atoms with E-state index in [-0.39, 0.29) is 0 Å². The summed E-state index contributed by atoms with van der Waals surface area (Å²) in [5.41, 5.74) is 0.425. The summed E-state index contributed by atoms with van der Waals surface area (Å²) in [6, 6.07) is 0. The third-order valence-corrected chi connectivity index (χ3v) is 2.76. The Morgan fingerprint density at radius 2 is 2.08 bits per heavy atom. The van der Waals surface area contributed by atoms with Gasteiger partial charge in [0, 0.05) is 12.0 Å². The van der Waals surface area contributed by atoms with Crippen molar-refractivity contribution in [2.45, 2.75) is 51.0 Å². The summed E-state index contributed by atoms with van der Waals surface area (Å²) in [6.07, 6.45) is 12.6. The van der Waals surface area contributed by atoms with Crippen molar-refractivity contribution in [3.05, 3.63) is 0 Å². The molecule has 0 aliphatic heterocycles. The standard InChI is InChI=1S/C11H19N/c1-3-4-7-10-12-11(2)8-5-6-9-11/h1,12H,4-10H2,2H3. The minimum absolute atomic E-state index is 0.425. The molecule has 1 aliphatic rings. The molecule has 0 radical (unpaired) electrons. The molecule has 1 rings (SSSR count). The largest absolute Gasteiger partial charge is 0.311 e. The molecule has 0 heterocycles. The van der Waals surface area contributed by atoms with Crippen molar-refractivity contribution in [3.8, 4) is 12.3 Å². The highest BCUT2D eigenvalue weighted by Crippen LogP contribution is 2.28. The molecule has 0 unspecified atom stereocenters. The van der Waals surface area contributed by atoms with E-state index in [2.05, 4.69) is 18.2 Å². The van der Waals surface area contributed by atoms with Gasteiger partial charge in [-0.3, -0.25) is 0 Å². The molecule has 0 aromatic carbocycles. The van der Waals surface area contributed by atoms with Crippen LogP contribution >= 0.6 is 0 Å². The average molecular weight is 165 g/mol. The number of rotatable bonds is 4. The first kappa shape index (κ1) is 9.61. The Morgan fingerprint density at radius 3 is 2.67 bits per heavy atom. The molecule has 12 heavy (non-hydrogen) atoms. The van der Waals surface area contributed by atoms with Gasteiger partial charge in [-0.15, -0.1) is 12.3 Å². The van der Waals surface area contributed by atoms with E-state index in [1.54, 1.807) is 0 Å². The molecule has 1 N–H and O–H groups in total. The lowest BCUT2D eigenvalue weighted by Crippen LogP contribution is -2.39. The lowest BCUT2D eigenvalue weighted by atomic mass is 10.0. The lowest BCUT2D eigenvalue weighted by molar-refractivity contribution is 0.364. The van der Waals surface area contributed by atoms with E-state index in [1.807, 2.05) is 0 Å². The highest BCUT2D eigenvalue weighted by atomic mass is 15.0. The first-order valence-corrected chi connectivity index (χ1v) is 4.95. The molecular weight excluding hydrogens is 146 g/mol. The van der Waals surface area contributed by atoms with E-state index < -0.39 is 0 Å².